The molecular weight excluding hydrogens is 224 g/mol. The third kappa shape index (κ3) is 2.40. The monoisotopic (exact) mass is 240 g/mol. The van der Waals surface area contributed by atoms with Crippen LogP contribution in [-0.4, -0.2) is 23.0 Å². The molecule has 1 aliphatic carbocycles. The van der Waals surface area contributed by atoms with Crippen molar-refractivity contribution in [3.63, 3.8) is 0 Å². The minimum atomic E-state index is 0.0550. The molecule has 0 radical (unpaired) electrons. The van der Waals surface area contributed by atoms with E-state index in [1.165, 1.54) is 6.42 Å². The zero-order valence-electron chi connectivity index (χ0n) is 9.50. The van der Waals surface area contributed by atoms with Crippen LogP contribution in [0.15, 0.2) is 18.2 Å². The number of rotatable bonds is 5. The van der Waals surface area contributed by atoms with E-state index < -0.39 is 0 Å². The van der Waals surface area contributed by atoms with Gasteiger partial charge in [-0.2, -0.15) is 4.98 Å². The molecule has 1 aromatic rings. The molecular formula is C12H17ClN2O. The zero-order valence-corrected chi connectivity index (χ0v) is 10.3. The molecule has 1 N–H and O–H groups in total. The second-order valence-electron chi connectivity index (χ2n) is 4.19. The average Bonchev–Trinajstić information content (AvgIpc) is 2.25. The van der Waals surface area contributed by atoms with Crippen molar-refractivity contribution < 1.29 is 4.74 Å². The third-order valence-electron chi connectivity index (χ3n) is 2.98. The first kappa shape index (κ1) is 11.5. The summed E-state index contributed by atoms with van der Waals surface area (Å²) in [5.74, 6) is 2.15. The zero-order chi connectivity index (χ0) is 11.4. The highest BCUT2D eigenvalue weighted by molar-refractivity contribution is 6.19. The Morgan fingerprint density at radius 1 is 1.50 bits per heavy atom. The van der Waals surface area contributed by atoms with Gasteiger partial charge in [0.15, 0.2) is 0 Å². The van der Waals surface area contributed by atoms with E-state index in [0.29, 0.717) is 18.4 Å². The van der Waals surface area contributed by atoms with E-state index >= 15 is 0 Å². The Bertz CT molecular complexity index is 347. The number of alkyl halides is 1. The van der Waals surface area contributed by atoms with E-state index in [-0.39, 0.29) is 5.54 Å². The number of aromatic nitrogens is 1. The number of ether oxygens (including phenoxy) is 1. The molecule has 0 aliphatic heterocycles. The van der Waals surface area contributed by atoms with Gasteiger partial charge in [0.05, 0.1) is 12.1 Å². The molecule has 2 rings (SSSR count). The van der Waals surface area contributed by atoms with Gasteiger partial charge in [-0.15, -0.1) is 11.6 Å². The molecule has 4 heteroatoms. The predicted octanol–water partition coefficient (Wildman–Crippen LogP) is 3.05. The molecule has 1 aromatic heterocycles. The molecule has 1 fully saturated rings. The maximum Gasteiger partial charge on any atom is 0.215 e. The quantitative estimate of drug-likeness (QED) is 0.804. The van der Waals surface area contributed by atoms with Crippen LogP contribution in [0.25, 0.3) is 0 Å². The summed E-state index contributed by atoms with van der Waals surface area (Å²) in [6, 6.07) is 5.76. The number of hydrogen-bond donors (Lipinski definition) is 1. The van der Waals surface area contributed by atoms with E-state index in [0.717, 1.165) is 18.7 Å². The van der Waals surface area contributed by atoms with Gasteiger partial charge >= 0.3 is 0 Å². The molecule has 1 heterocycles. The standard InChI is InChI=1S/C12H17ClN2O/c1-2-16-11-6-3-5-10(14-11)15-12(9-13)7-4-8-12/h3,5-6H,2,4,7-9H2,1H3,(H,14,15). The molecule has 0 amide bonds. The number of nitrogens with one attached hydrogen (secondary N) is 1. The van der Waals surface area contributed by atoms with Crippen LogP contribution in [0.2, 0.25) is 0 Å². The van der Waals surface area contributed by atoms with Crippen LogP contribution in [0.4, 0.5) is 5.82 Å². The van der Waals surface area contributed by atoms with E-state index in [9.17, 15) is 0 Å². The van der Waals surface area contributed by atoms with Crippen LogP contribution in [-0.2, 0) is 0 Å². The van der Waals surface area contributed by atoms with Crippen molar-refractivity contribution in [2.24, 2.45) is 0 Å². The Morgan fingerprint density at radius 2 is 2.31 bits per heavy atom. The van der Waals surface area contributed by atoms with Gasteiger partial charge in [0, 0.05) is 11.9 Å². The Hall–Kier alpha value is -0.960. The highest BCUT2D eigenvalue weighted by atomic mass is 35.5. The number of halogens is 1. The minimum absolute atomic E-state index is 0.0550. The van der Waals surface area contributed by atoms with Crippen LogP contribution in [0, 0.1) is 0 Å². The highest BCUT2D eigenvalue weighted by Crippen LogP contribution is 2.36. The largest absolute Gasteiger partial charge is 0.478 e. The van der Waals surface area contributed by atoms with Gasteiger partial charge in [0.1, 0.15) is 5.82 Å². The van der Waals surface area contributed by atoms with Gasteiger partial charge in [-0.05, 0) is 32.3 Å². The Kier molecular flexibility index (Phi) is 3.54. The van der Waals surface area contributed by atoms with Crippen molar-refractivity contribution in [3.05, 3.63) is 18.2 Å². The first-order valence-electron chi connectivity index (χ1n) is 5.72. The summed E-state index contributed by atoms with van der Waals surface area (Å²) in [5.41, 5.74) is 0.0550. The van der Waals surface area contributed by atoms with Gasteiger partial charge in [-0.3, -0.25) is 0 Å². The smallest absolute Gasteiger partial charge is 0.215 e. The molecule has 0 unspecified atom stereocenters. The average molecular weight is 241 g/mol. The number of anilines is 1. The molecule has 3 nitrogen and oxygen atoms in total. The Morgan fingerprint density at radius 3 is 2.88 bits per heavy atom. The van der Waals surface area contributed by atoms with Crippen LogP contribution < -0.4 is 10.1 Å². The lowest BCUT2D eigenvalue weighted by atomic mass is 9.78. The fourth-order valence-corrected chi connectivity index (χ4v) is 2.21. The summed E-state index contributed by atoms with van der Waals surface area (Å²) in [5, 5.41) is 3.42. The molecule has 16 heavy (non-hydrogen) atoms. The van der Waals surface area contributed by atoms with E-state index in [2.05, 4.69) is 10.3 Å². The summed E-state index contributed by atoms with van der Waals surface area (Å²) < 4.78 is 5.36. The van der Waals surface area contributed by atoms with Crippen LogP contribution in [0.1, 0.15) is 26.2 Å². The predicted molar refractivity (Wildman–Crippen MR) is 66.3 cm³/mol. The SMILES string of the molecule is CCOc1cccc(NC2(CCl)CCC2)n1. The fourth-order valence-electron chi connectivity index (χ4n) is 1.88. The normalized spacial score (nSPS) is 17.6. The molecule has 1 saturated carbocycles. The summed E-state index contributed by atoms with van der Waals surface area (Å²) in [6.45, 7) is 2.59. The number of nitrogens with zero attached hydrogens (tertiary/aromatic N) is 1. The molecule has 88 valence electrons. The van der Waals surface area contributed by atoms with E-state index in [1.807, 2.05) is 25.1 Å². The summed E-state index contributed by atoms with van der Waals surface area (Å²) in [7, 11) is 0. The summed E-state index contributed by atoms with van der Waals surface area (Å²) in [4.78, 5) is 4.39. The van der Waals surface area contributed by atoms with Crippen LogP contribution >= 0.6 is 11.6 Å². The van der Waals surface area contributed by atoms with Gasteiger partial charge in [-0.1, -0.05) is 6.07 Å². The summed E-state index contributed by atoms with van der Waals surface area (Å²) in [6.07, 6.45) is 3.49. The Balaban J connectivity index is 2.05. The van der Waals surface area contributed by atoms with Gasteiger partial charge in [-0.25, -0.2) is 0 Å². The van der Waals surface area contributed by atoms with Crippen molar-refractivity contribution in [3.8, 4) is 5.88 Å². The first-order chi connectivity index (χ1) is 7.78. The van der Waals surface area contributed by atoms with Gasteiger partial charge in [0.25, 0.3) is 0 Å². The molecule has 0 aromatic carbocycles. The van der Waals surface area contributed by atoms with Crippen molar-refractivity contribution in [2.45, 2.75) is 31.7 Å². The van der Waals surface area contributed by atoms with Crippen molar-refractivity contribution in [2.75, 3.05) is 17.8 Å². The lowest BCUT2D eigenvalue weighted by molar-refractivity contribution is 0.307. The topological polar surface area (TPSA) is 34.1 Å². The molecule has 0 saturated heterocycles. The van der Waals surface area contributed by atoms with Crippen molar-refractivity contribution in [1.29, 1.82) is 0 Å². The van der Waals surface area contributed by atoms with Crippen molar-refractivity contribution in [1.82, 2.24) is 4.98 Å². The lowest BCUT2D eigenvalue weighted by Crippen LogP contribution is -2.47. The van der Waals surface area contributed by atoms with E-state index in [4.69, 9.17) is 16.3 Å². The third-order valence-corrected chi connectivity index (χ3v) is 3.49. The fraction of sp³-hybridized carbons (Fsp3) is 0.583. The van der Waals surface area contributed by atoms with Gasteiger partial charge in [0.2, 0.25) is 5.88 Å². The molecule has 0 bridgehead atoms. The highest BCUT2D eigenvalue weighted by Gasteiger charge is 2.36. The lowest BCUT2D eigenvalue weighted by Gasteiger charge is -2.41. The minimum Gasteiger partial charge on any atom is -0.478 e. The van der Waals surface area contributed by atoms with Crippen molar-refractivity contribution >= 4 is 17.4 Å². The van der Waals surface area contributed by atoms with Crippen LogP contribution in [0.3, 0.4) is 0 Å². The second kappa shape index (κ2) is 4.91. The summed E-state index contributed by atoms with van der Waals surface area (Å²) >= 11 is 5.99. The van der Waals surface area contributed by atoms with E-state index in [1.54, 1.807) is 0 Å². The second-order valence-corrected chi connectivity index (χ2v) is 4.45. The van der Waals surface area contributed by atoms with Crippen LogP contribution in [0.5, 0.6) is 5.88 Å². The molecule has 0 spiro atoms. The van der Waals surface area contributed by atoms with Gasteiger partial charge < -0.3 is 10.1 Å². The Labute approximate surface area is 101 Å². The first-order valence-corrected chi connectivity index (χ1v) is 6.25. The molecule has 0 atom stereocenters. The number of hydrogen-bond acceptors (Lipinski definition) is 3. The molecule has 1 aliphatic rings. The number of pyridine rings is 1. The maximum absolute atomic E-state index is 5.99. The maximum atomic E-state index is 5.99.